The maximum Gasteiger partial charge on any atom is 0.242 e. The Balaban J connectivity index is 1.43. The van der Waals surface area contributed by atoms with Gasteiger partial charge in [0.25, 0.3) is 0 Å². The summed E-state index contributed by atoms with van der Waals surface area (Å²) in [6, 6.07) is 5.75. The van der Waals surface area contributed by atoms with Crippen molar-refractivity contribution >= 4 is 28.2 Å². The van der Waals surface area contributed by atoms with Crippen LogP contribution >= 0.6 is 11.3 Å². The van der Waals surface area contributed by atoms with Gasteiger partial charge in [-0.15, -0.1) is 11.3 Å². The van der Waals surface area contributed by atoms with Gasteiger partial charge in [-0.25, -0.2) is 15.0 Å². The molecule has 3 aromatic rings. The minimum Gasteiger partial charge on any atom is -0.368 e. The van der Waals surface area contributed by atoms with Gasteiger partial charge in [0, 0.05) is 30.0 Å². The van der Waals surface area contributed by atoms with E-state index < -0.39 is 0 Å². The van der Waals surface area contributed by atoms with Gasteiger partial charge in [-0.3, -0.25) is 4.79 Å². The number of nitrogens with zero attached hydrogens (tertiary/aromatic N) is 5. The second-order valence-electron chi connectivity index (χ2n) is 6.28. The summed E-state index contributed by atoms with van der Waals surface area (Å²) in [6.45, 7) is 3.86. The SMILES string of the molecule is Cc1cnc(Nc2cccc(C3CN(C(=O)Cn4ccnc4)CCO3)n2)s1. The molecule has 1 aliphatic rings. The molecular formula is C18H20N6O2S. The molecule has 0 aromatic carbocycles. The van der Waals surface area contributed by atoms with E-state index >= 15 is 0 Å². The Morgan fingerprint density at radius 1 is 1.44 bits per heavy atom. The molecule has 1 N–H and O–H groups in total. The number of morpholine rings is 1. The average Bonchev–Trinajstić information content (AvgIpc) is 3.34. The molecule has 9 heteroatoms. The molecule has 1 unspecified atom stereocenters. The highest BCUT2D eigenvalue weighted by molar-refractivity contribution is 7.15. The first-order valence-electron chi connectivity index (χ1n) is 8.69. The average molecular weight is 384 g/mol. The molecule has 8 nitrogen and oxygen atoms in total. The van der Waals surface area contributed by atoms with E-state index in [4.69, 9.17) is 4.74 Å². The van der Waals surface area contributed by atoms with Crippen LogP contribution in [0.3, 0.4) is 0 Å². The lowest BCUT2D eigenvalue weighted by molar-refractivity contribution is -0.139. The summed E-state index contributed by atoms with van der Waals surface area (Å²) >= 11 is 1.58. The molecule has 3 aromatic heterocycles. The molecule has 0 radical (unpaired) electrons. The van der Waals surface area contributed by atoms with Crippen molar-refractivity contribution in [3.63, 3.8) is 0 Å². The largest absolute Gasteiger partial charge is 0.368 e. The van der Waals surface area contributed by atoms with Crippen molar-refractivity contribution in [3.05, 3.63) is 53.7 Å². The Kier molecular flexibility index (Phi) is 5.12. The van der Waals surface area contributed by atoms with Crippen molar-refractivity contribution in [2.45, 2.75) is 19.6 Å². The van der Waals surface area contributed by atoms with Gasteiger partial charge in [-0.2, -0.15) is 0 Å². The predicted molar refractivity (Wildman–Crippen MR) is 102 cm³/mol. The molecule has 4 rings (SSSR count). The monoisotopic (exact) mass is 384 g/mol. The van der Waals surface area contributed by atoms with E-state index in [2.05, 4.69) is 20.3 Å². The zero-order valence-electron chi connectivity index (χ0n) is 14.9. The lowest BCUT2D eigenvalue weighted by Gasteiger charge is -2.32. The van der Waals surface area contributed by atoms with Crippen molar-refractivity contribution in [3.8, 4) is 0 Å². The zero-order valence-corrected chi connectivity index (χ0v) is 15.7. The number of imidazole rings is 1. The minimum absolute atomic E-state index is 0.0499. The zero-order chi connectivity index (χ0) is 18.6. The number of ether oxygens (including phenoxy) is 1. The van der Waals surface area contributed by atoms with Gasteiger partial charge in [0.05, 0.1) is 25.2 Å². The molecule has 140 valence electrons. The number of aromatic nitrogens is 4. The van der Waals surface area contributed by atoms with E-state index in [-0.39, 0.29) is 18.6 Å². The smallest absolute Gasteiger partial charge is 0.242 e. The van der Waals surface area contributed by atoms with Crippen LogP contribution in [-0.2, 0) is 16.1 Å². The van der Waals surface area contributed by atoms with Crippen LogP contribution in [0.15, 0.2) is 43.1 Å². The molecule has 1 saturated heterocycles. The number of amides is 1. The van der Waals surface area contributed by atoms with Gasteiger partial charge in [-0.05, 0) is 19.1 Å². The molecule has 1 atom stereocenters. The first kappa shape index (κ1) is 17.6. The van der Waals surface area contributed by atoms with Crippen LogP contribution in [0.2, 0.25) is 0 Å². The number of anilines is 2. The number of nitrogens with one attached hydrogen (secondary N) is 1. The van der Waals surface area contributed by atoms with Gasteiger partial charge < -0.3 is 19.5 Å². The second kappa shape index (κ2) is 7.85. The molecule has 0 spiro atoms. The Bertz CT molecular complexity index is 910. The molecule has 1 fully saturated rings. The summed E-state index contributed by atoms with van der Waals surface area (Å²) in [7, 11) is 0. The van der Waals surface area contributed by atoms with Gasteiger partial charge >= 0.3 is 0 Å². The Morgan fingerprint density at radius 3 is 3.15 bits per heavy atom. The highest BCUT2D eigenvalue weighted by atomic mass is 32.1. The third-order valence-corrected chi connectivity index (χ3v) is 5.08. The van der Waals surface area contributed by atoms with Crippen molar-refractivity contribution in [1.29, 1.82) is 0 Å². The maximum atomic E-state index is 12.5. The van der Waals surface area contributed by atoms with Crippen molar-refractivity contribution in [1.82, 2.24) is 24.4 Å². The molecule has 0 saturated carbocycles. The fourth-order valence-corrected chi connectivity index (χ4v) is 3.59. The van der Waals surface area contributed by atoms with Gasteiger partial charge in [0.15, 0.2) is 5.13 Å². The molecule has 0 bridgehead atoms. The number of pyridine rings is 1. The summed E-state index contributed by atoms with van der Waals surface area (Å²) in [5, 5.41) is 4.02. The van der Waals surface area contributed by atoms with Crippen molar-refractivity contribution < 1.29 is 9.53 Å². The number of thiazole rings is 1. The van der Waals surface area contributed by atoms with E-state index in [1.165, 1.54) is 0 Å². The van der Waals surface area contributed by atoms with Crippen LogP contribution in [0, 0.1) is 6.92 Å². The number of hydrogen-bond acceptors (Lipinski definition) is 7. The van der Waals surface area contributed by atoms with Gasteiger partial charge in [-0.1, -0.05) is 6.07 Å². The Morgan fingerprint density at radius 2 is 2.37 bits per heavy atom. The van der Waals surface area contributed by atoms with Crippen LogP contribution in [0.25, 0.3) is 0 Å². The Labute approximate surface area is 160 Å². The normalized spacial score (nSPS) is 17.1. The fourth-order valence-electron chi connectivity index (χ4n) is 2.91. The highest BCUT2D eigenvalue weighted by Gasteiger charge is 2.26. The van der Waals surface area contributed by atoms with E-state index in [1.54, 1.807) is 34.6 Å². The highest BCUT2D eigenvalue weighted by Crippen LogP contribution is 2.25. The van der Waals surface area contributed by atoms with E-state index in [0.717, 1.165) is 15.7 Å². The van der Waals surface area contributed by atoms with Crippen LogP contribution < -0.4 is 5.32 Å². The van der Waals surface area contributed by atoms with Crippen molar-refractivity contribution in [2.75, 3.05) is 25.0 Å². The molecule has 1 aliphatic heterocycles. The number of carbonyl (C=O) groups excluding carboxylic acids is 1. The third-order valence-electron chi connectivity index (χ3n) is 4.25. The van der Waals surface area contributed by atoms with E-state index in [9.17, 15) is 4.79 Å². The molecular weight excluding hydrogens is 364 g/mol. The molecule has 0 aliphatic carbocycles. The standard InChI is InChI=1S/C18H20N6O2S/c1-13-9-20-18(27-13)22-16-4-2-3-14(21-16)15-10-24(7-8-26-15)17(25)11-23-6-5-19-12-23/h2-6,9,12,15H,7-8,10-11H2,1H3,(H,20,21,22). The lowest BCUT2D eigenvalue weighted by atomic mass is 10.2. The fraction of sp³-hybridized carbons (Fsp3) is 0.333. The van der Waals surface area contributed by atoms with Crippen molar-refractivity contribution in [2.24, 2.45) is 0 Å². The minimum atomic E-state index is -0.245. The first-order valence-corrected chi connectivity index (χ1v) is 9.50. The van der Waals surface area contributed by atoms with Crippen LogP contribution in [-0.4, -0.2) is 50.0 Å². The van der Waals surface area contributed by atoms with Crippen LogP contribution in [0.1, 0.15) is 16.7 Å². The number of rotatable bonds is 5. The summed E-state index contributed by atoms with van der Waals surface area (Å²) in [5.74, 6) is 0.765. The molecule has 1 amide bonds. The quantitative estimate of drug-likeness (QED) is 0.727. The van der Waals surface area contributed by atoms with E-state index in [0.29, 0.717) is 25.5 Å². The third kappa shape index (κ3) is 4.32. The molecule has 4 heterocycles. The second-order valence-corrected chi connectivity index (χ2v) is 7.52. The Hall–Kier alpha value is -2.78. The first-order chi connectivity index (χ1) is 13.2. The number of aryl methyl sites for hydroxylation is 1. The van der Waals surface area contributed by atoms with E-state index in [1.807, 2.05) is 36.2 Å². The number of hydrogen-bond donors (Lipinski definition) is 1. The number of carbonyl (C=O) groups is 1. The maximum absolute atomic E-state index is 12.5. The van der Waals surface area contributed by atoms with Crippen LogP contribution in [0.5, 0.6) is 0 Å². The van der Waals surface area contributed by atoms with Gasteiger partial charge in [0.2, 0.25) is 5.91 Å². The van der Waals surface area contributed by atoms with Crippen LogP contribution in [0.4, 0.5) is 10.9 Å². The topological polar surface area (TPSA) is 85.2 Å². The van der Waals surface area contributed by atoms with Gasteiger partial charge in [0.1, 0.15) is 18.5 Å². The predicted octanol–water partition coefficient (Wildman–Crippen LogP) is 2.39. The summed E-state index contributed by atoms with van der Waals surface area (Å²) in [5.41, 5.74) is 0.799. The summed E-state index contributed by atoms with van der Waals surface area (Å²) in [4.78, 5) is 28.4. The lowest BCUT2D eigenvalue weighted by Crippen LogP contribution is -2.43. The molecule has 27 heavy (non-hydrogen) atoms. The summed E-state index contributed by atoms with van der Waals surface area (Å²) in [6.07, 6.45) is 6.68. The summed E-state index contributed by atoms with van der Waals surface area (Å²) < 4.78 is 7.64.